The number of hydrogen-bond donors (Lipinski definition) is 0. The van der Waals surface area contributed by atoms with Gasteiger partial charge >= 0.3 is 11.9 Å². The fourth-order valence-corrected chi connectivity index (χ4v) is 4.00. The minimum absolute atomic E-state index is 0.362. The van der Waals surface area contributed by atoms with Crippen LogP contribution in [0.25, 0.3) is 11.1 Å². The molecule has 0 bridgehead atoms. The van der Waals surface area contributed by atoms with Gasteiger partial charge in [0.2, 0.25) is 0 Å². The molecule has 3 aromatic carbocycles. The third kappa shape index (κ3) is 4.80. The molecule has 4 rings (SSSR count). The summed E-state index contributed by atoms with van der Waals surface area (Å²) < 4.78 is 10.9. The molecule has 32 heavy (non-hydrogen) atoms. The summed E-state index contributed by atoms with van der Waals surface area (Å²) >= 11 is 0. The van der Waals surface area contributed by atoms with Crippen LogP contribution in [-0.2, 0) is 17.6 Å². The molecule has 4 nitrogen and oxygen atoms in total. The van der Waals surface area contributed by atoms with E-state index >= 15 is 0 Å². The van der Waals surface area contributed by atoms with Gasteiger partial charge in [-0.05, 0) is 83.5 Å². The van der Waals surface area contributed by atoms with Crippen molar-refractivity contribution in [1.82, 2.24) is 0 Å². The van der Waals surface area contributed by atoms with Crippen molar-refractivity contribution >= 4 is 11.9 Å². The van der Waals surface area contributed by atoms with Crippen LogP contribution in [0.15, 0.2) is 73.3 Å². The third-order valence-corrected chi connectivity index (χ3v) is 5.68. The Kier molecular flexibility index (Phi) is 6.50. The number of carbonyl (C=O) groups is 2. The molecule has 3 aromatic rings. The molecule has 0 fully saturated rings. The molecule has 0 N–H and O–H groups in total. The summed E-state index contributed by atoms with van der Waals surface area (Å²) in [5.74, 6) is 0.168. The largest absolute Gasteiger partial charge is 0.423 e. The van der Waals surface area contributed by atoms with E-state index in [1.807, 2.05) is 54.6 Å². The lowest BCUT2D eigenvalue weighted by atomic mass is 10.1. The monoisotopic (exact) mass is 426 g/mol. The number of benzene rings is 3. The van der Waals surface area contributed by atoms with Crippen LogP contribution in [0.3, 0.4) is 0 Å². The van der Waals surface area contributed by atoms with Crippen LogP contribution >= 0.6 is 0 Å². The molecule has 4 heteroatoms. The zero-order valence-corrected chi connectivity index (χ0v) is 18.2. The van der Waals surface area contributed by atoms with Crippen LogP contribution in [0, 0.1) is 0 Å². The van der Waals surface area contributed by atoms with Gasteiger partial charge in [-0.1, -0.05) is 50.6 Å². The summed E-state index contributed by atoms with van der Waals surface area (Å²) in [6.45, 7) is 5.61. The van der Waals surface area contributed by atoms with Gasteiger partial charge in [0.1, 0.15) is 11.5 Å². The van der Waals surface area contributed by atoms with E-state index in [1.54, 1.807) is 6.07 Å². The molecule has 0 aliphatic heterocycles. The van der Waals surface area contributed by atoms with Gasteiger partial charge in [0.15, 0.2) is 0 Å². The van der Waals surface area contributed by atoms with Gasteiger partial charge in [0, 0.05) is 6.08 Å². The van der Waals surface area contributed by atoms with E-state index in [1.165, 1.54) is 18.4 Å². The summed E-state index contributed by atoms with van der Waals surface area (Å²) in [5.41, 5.74) is 6.11. The van der Waals surface area contributed by atoms with E-state index in [9.17, 15) is 9.59 Å². The van der Waals surface area contributed by atoms with Crippen molar-refractivity contribution in [2.75, 3.05) is 0 Å². The second-order valence-corrected chi connectivity index (χ2v) is 7.98. The van der Waals surface area contributed by atoms with Crippen molar-refractivity contribution < 1.29 is 19.1 Å². The Morgan fingerprint density at radius 2 is 1.50 bits per heavy atom. The summed E-state index contributed by atoms with van der Waals surface area (Å²) in [7, 11) is 0. The number of rotatable bonds is 8. The molecule has 0 saturated heterocycles. The second kappa shape index (κ2) is 9.65. The Morgan fingerprint density at radius 1 is 0.875 bits per heavy atom. The highest BCUT2D eigenvalue weighted by atomic mass is 16.5. The Labute approximate surface area is 188 Å². The number of esters is 2. The molecule has 1 aliphatic carbocycles. The quantitative estimate of drug-likeness (QED) is 0.144. The highest BCUT2D eigenvalue weighted by Crippen LogP contribution is 2.40. The number of aryl methyl sites for hydroxylation is 1. The van der Waals surface area contributed by atoms with Crippen LogP contribution in [0.2, 0.25) is 0 Å². The minimum Gasteiger partial charge on any atom is -0.423 e. The zero-order valence-electron chi connectivity index (χ0n) is 18.2. The van der Waals surface area contributed by atoms with Crippen LogP contribution < -0.4 is 9.47 Å². The fourth-order valence-electron chi connectivity index (χ4n) is 4.00. The van der Waals surface area contributed by atoms with E-state index in [0.717, 1.165) is 41.2 Å². The first-order valence-electron chi connectivity index (χ1n) is 11.0. The first kappa shape index (κ1) is 21.6. The molecule has 0 amide bonds. The van der Waals surface area contributed by atoms with Gasteiger partial charge in [-0.25, -0.2) is 9.59 Å². The lowest BCUT2D eigenvalue weighted by Crippen LogP contribution is -2.08. The van der Waals surface area contributed by atoms with Crippen LogP contribution in [-0.4, -0.2) is 11.9 Å². The molecule has 0 radical (unpaired) electrons. The Hall–Kier alpha value is -3.66. The van der Waals surface area contributed by atoms with Gasteiger partial charge in [-0.15, -0.1) is 0 Å². The maximum Gasteiger partial charge on any atom is 0.343 e. The standard InChI is InChI=1S/C28H26O4/c1-3-5-6-7-19-8-10-20(11-9-19)28(30)32-24-13-15-26-22(18-24)16-21-17-23(12-14-25(21)26)31-27(29)4-2/h4,8-15,17-18H,2-3,5-7,16H2,1H3. The summed E-state index contributed by atoms with van der Waals surface area (Å²) in [5, 5.41) is 0. The smallest absolute Gasteiger partial charge is 0.343 e. The van der Waals surface area contributed by atoms with Crippen molar-refractivity contribution in [3.05, 3.63) is 95.6 Å². The Morgan fingerprint density at radius 3 is 2.09 bits per heavy atom. The number of unbranched alkanes of at least 4 members (excludes halogenated alkanes) is 2. The predicted octanol–water partition coefficient (Wildman–Crippen LogP) is 6.30. The highest BCUT2D eigenvalue weighted by Gasteiger charge is 2.21. The number of carbonyl (C=O) groups excluding carboxylic acids is 2. The molecule has 162 valence electrons. The van der Waals surface area contributed by atoms with Gasteiger partial charge in [-0.2, -0.15) is 0 Å². The van der Waals surface area contributed by atoms with Crippen LogP contribution in [0.5, 0.6) is 11.5 Å². The molecule has 1 aliphatic rings. The topological polar surface area (TPSA) is 52.6 Å². The SMILES string of the molecule is C=CC(=O)Oc1ccc2c(c1)Cc1cc(OC(=O)c3ccc(CCCCC)cc3)ccc1-2. The molecule has 0 spiro atoms. The second-order valence-electron chi connectivity index (χ2n) is 7.98. The fraction of sp³-hybridized carbons (Fsp3) is 0.214. The minimum atomic E-state index is -0.483. The normalized spacial score (nSPS) is 11.4. The predicted molar refractivity (Wildman–Crippen MR) is 125 cm³/mol. The molecule has 0 heterocycles. The third-order valence-electron chi connectivity index (χ3n) is 5.68. The van der Waals surface area contributed by atoms with Crippen molar-refractivity contribution in [2.24, 2.45) is 0 Å². The summed E-state index contributed by atoms with van der Waals surface area (Å²) in [6, 6.07) is 18.9. The highest BCUT2D eigenvalue weighted by molar-refractivity contribution is 5.91. The van der Waals surface area contributed by atoms with Crippen molar-refractivity contribution in [3.63, 3.8) is 0 Å². The van der Waals surface area contributed by atoms with Gasteiger partial charge in [-0.3, -0.25) is 0 Å². The molecule has 0 aromatic heterocycles. The molecule has 0 atom stereocenters. The molecule has 0 saturated carbocycles. The summed E-state index contributed by atoms with van der Waals surface area (Å²) in [4.78, 5) is 24.1. The van der Waals surface area contributed by atoms with Crippen molar-refractivity contribution in [3.8, 4) is 22.6 Å². The van der Waals surface area contributed by atoms with Gasteiger partial charge in [0.25, 0.3) is 0 Å². The van der Waals surface area contributed by atoms with E-state index < -0.39 is 5.97 Å². The Bertz CT molecular complexity index is 1160. The molecular formula is C28H26O4. The lowest BCUT2D eigenvalue weighted by Gasteiger charge is -2.08. The summed E-state index contributed by atoms with van der Waals surface area (Å²) in [6.07, 6.45) is 6.43. The van der Waals surface area contributed by atoms with Crippen molar-refractivity contribution in [2.45, 2.75) is 39.0 Å². The molecule has 0 unspecified atom stereocenters. The van der Waals surface area contributed by atoms with E-state index in [4.69, 9.17) is 9.47 Å². The van der Waals surface area contributed by atoms with E-state index in [2.05, 4.69) is 13.5 Å². The van der Waals surface area contributed by atoms with Crippen molar-refractivity contribution in [1.29, 1.82) is 0 Å². The van der Waals surface area contributed by atoms with Crippen LogP contribution in [0.1, 0.15) is 53.2 Å². The maximum absolute atomic E-state index is 12.6. The zero-order chi connectivity index (χ0) is 22.5. The average molecular weight is 427 g/mol. The first-order chi connectivity index (χ1) is 15.6. The molecular weight excluding hydrogens is 400 g/mol. The first-order valence-corrected chi connectivity index (χ1v) is 11.0. The van der Waals surface area contributed by atoms with Crippen LogP contribution in [0.4, 0.5) is 0 Å². The van der Waals surface area contributed by atoms with E-state index in [0.29, 0.717) is 23.5 Å². The number of ether oxygens (including phenoxy) is 2. The van der Waals surface area contributed by atoms with Gasteiger partial charge < -0.3 is 9.47 Å². The van der Waals surface area contributed by atoms with E-state index in [-0.39, 0.29) is 5.97 Å². The maximum atomic E-state index is 12.6. The Balaban J connectivity index is 1.43. The van der Waals surface area contributed by atoms with Gasteiger partial charge in [0.05, 0.1) is 5.56 Å². The number of hydrogen-bond acceptors (Lipinski definition) is 4. The lowest BCUT2D eigenvalue weighted by molar-refractivity contribution is -0.128. The average Bonchev–Trinajstić information content (AvgIpc) is 3.16. The number of fused-ring (bicyclic) bond motifs is 3.